The number of nitrogens with one attached hydrogen (secondary N) is 1. The first-order valence-corrected chi connectivity index (χ1v) is 8.22. The van der Waals surface area contributed by atoms with Gasteiger partial charge in [-0.15, -0.1) is 0 Å². The molecule has 2 aliphatic heterocycles. The summed E-state index contributed by atoms with van der Waals surface area (Å²) in [7, 11) is 1.91. The molecule has 1 N–H and O–H groups in total. The van der Waals surface area contributed by atoms with Gasteiger partial charge in [0, 0.05) is 45.3 Å². The first kappa shape index (κ1) is 15.5. The fourth-order valence-electron chi connectivity index (χ4n) is 3.61. The summed E-state index contributed by atoms with van der Waals surface area (Å²) in [5.74, 6) is 0.485. The molecule has 1 aromatic rings. The van der Waals surface area contributed by atoms with Gasteiger partial charge in [0.2, 0.25) is 5.91 Å². The average molecular weight is 306 g/mol. The molecule has 2 saturated heterocycles. The lowest BCUT2D eigenvalue weighted by molar-refractivity contribution is -0.148. The molecule has 22 heavy (non-hydrogen) atoms. The minimum Gasteiger partial charge on any atom is -0.372 e. The van der Waals surface area contributed by atoms with Gasteiger partial charge >= 0.3 is 0 Å². The zero-order valence-electron chi connectivity index (χ0n) is 13.7. The van der Waals surface area contributed by atoms with Crippen molar-refractivity contribution in [1.29, 1.82) is 0 Å². The number of morpholine rings is 1. The summed E-state index contributed by atoms with van der Waals surface area (Å²) in [5, 5.41) is 7.62. The van der Waals surface area contributed by atoms with Gasteiger partial charge in [0.1, 0.15) is 0 Å². The maximum atomic E-state index is 13.0. The van der Waals surface area contributed by atoms with E-state index in [1.165, 1.54) is 0 Å². The van der Waals surface area contributed by atoms with E-state index < -0.39 is 0 Å². The van der Waals surface area contributed by atoms with Crippen LogP contribution in [0.3, 0.4) is 0 Å². The second-order valence-electron chi connectivity index (χ2n) is 6.54. The van der Waals surface area contributed by atoms with Crippen LogP contribution in [-0.2, 0) is 16.6 Å². The van der Waals surface area contributed by atoms with E-state index in [1.807, 2.05) is 31.3 Å². The minimum atomic E-state index is 0.00649. The van der Waals surface area contributed by atoms with Crippen molar-refractivity contribution < 1.29 is 9.53 Å². The second-order valence-corrected chi connectivity index (χ2v) is 6.54. The summed E-state index contributed by atoms with van der Waals surface area (Å²) in [5.41, 5.74) is 1.15. The van der Waals surface area contributed by atoms with E-state index in [0.717, 1.165) is 31.6 Å². The van der Waals surface area contributed by atoms with Crippen LogP contribution < -0.4 is 5.32 Å². The predicted octanol–water partition coefficient (Wildman–Crippen LogP) is 0.749. The number of ether oxygens (including phenoxy) is 1. The third-order valence-electron chi connectivity index (χ3n) is 4.78. The van der Waals surface area contributed by atoms with Crippen molar-refractivity contribution in [2.24, 2.45) is 13.0 Å². The highest BCUT2D eigenvalue weighted by molar-refractivity contribution is 5.80. The molecular weight excluding hydrogens is 280 g/mol. The van der Waals surface area contributed by atoms with Crippen molar-refractivity contribution in [2.45, 2.75) is 38.4 Å². The lowest BCUT2D eigenvalue weighted by Gasteiger charge is -2.38. The van der Waals surface area contributed by atoms with Crippen molar-refractivity contribution in [1.82, 2.24) is 20.0 Å². The Kier molecular flexibility index (Phi) is 4.49. The van der Waals surface area contributed by atoms with Crippen LogP contribution in [0.15, 0.2) is 12.4 Å². The van der Waals surface area contributed by atoms with Crippen LogP contribution in [-0.4, -0.2) is 59.0 Å². The number of aromatic nitrogens is 2. The van der Waals surface area contributed by atoms with E-state index >= 15 is 0 Å². The van der Waals surface area contributed by atoms with Crippen LogP contribution >= 0.6 is 0 Å². The standard InChI is InChI=1S/C16H26N4O2/c1-4-13-10-20(8-11(2)22-13)16(21)15-7-17-6-14(15)12-5-18-19(3)9-12/h5,9,11,13-15,17H,4,6-8,10H2,1-3H3/t11?,13?,14-,15+/m1/s1. The summed E-state index contributed by atoms with van der Waals surface area (Å²) in [6, 6.07) is 0. The molecule has 3 heterocycles. The van der Waals surface area contributed by atoms with Gasteiger partial charge in [-0.1, -0.05) is 6.92 Å². The largest absolute Gasteiger partial charge is 0.372 e. The Bertz CT molecular complexity index is 530. The van der Waals surface area contributed by atoms with Gasteiger partial charge in [-0.05, 0) is 18.9 Å². The number of hydrogen-bond acceptors (Lipinski definition) is 4. The fraction of sp³-hybridized carbons (Fsp3) is 0.750. The molecule has 0 spiro atoms. The number of rotatable bonds is 3. The molecule has 1 aromatic heterocycles. The molecule has 0 bridgehead atoms. The number of carbonyl (C=O) groups excluding carboxylic acids is 1. The predicted molar refractivity (Wildman–Crippen MR) is 83.5 cm³/mol. The van der Waals surface area contributed by atoms with E-state index in [-0.39, 0.29) is 30.0 Å². The molecule has 0 aromatic carbocycles. The number of aryl methyl sites for hydroxylation is 1. The van der Waals surface area contributed by atoms with Crippen molar-refractivity contribution in [3.63, 3.8) is 0 Å². The van der Waals surface area contributed by atoms with Gasteiger partial charge in [0.05, 0.1) is 24.3 Å². The first-order valence-electron chi connectivity index (χ1n) is 8.22. The quantitative estimate of drug-likeness (QED) is 0.895. The molecule has 4 atom stereocenters. The minimum absolute atomic E-state index is 0.00649. The molecule has 1 amide bonds. The molecule has 6 nitrogen and oxygen atoms in total. The van der Waals surface area contributed by atoms with Crippen LogP contribution in [0, 0.1) is 5.92 Å². The number of carbonyl (C=O) groups is 1. The molecule has 2 fully saturated rings. The first-order chi connectivity index (χ1) is 10.6. The Labute approximate surface area is 131 Å². The Balaban J connectivity index is 1.73. The monoisotopic (exact) mass is 306 g/mol. The Hall–Kier alpha value is -1.40. The maximum Gasteiger partial charge on any atom is 0.227 e. The molecule has 3 rings (SSSR count). The van der Waals surface area contributed by atoms with Crippen molar-refractivity contribution in [3.05, 3.63) is 18.0 Å². The van der Waals surface area contributed by atoms with Crippen molar-refractivity contribution in [2.75, 3.05) is 26.2 Å². The highest BCUT2D eigenvalue weighted by Gasteiger charge is 2.39. The number of hydrogen-bond donors (Lipinski definition) is 1. The third kappa shape index (κ3) is 3.03. The zero-order valence-corrected chi connectivity index (χ0v) is 13.7. The molecule has 2 aliphatic rings. The van der Waals surface area contributed by atoms with Gasteiger partial charge < -0.3 is 15.0 Å². The molecule has 0 saturated carbocycles. The van der Waals surface area contributed by atoms with Gasteiger partial charge in [-0.25, -0.2) is 0 Å². The van der Waals surface area contributed by atoms with Gasteiger partial charge in [-0.2, -0.15) is 5.10 Å². The van der Waals surface area contributed by atoms with Gasteiger partial charge in [0.25, 0.3) is 0 Å². The summed E-state index contributed by atoms with van der Waals surface area (Å²) in [4.78, 5) is 15.0. The van der Waals surface area contributed by atoms with Crippen LogP contribution in [0.2, 0.25) is 0 Å². The summed E-state index contributed by atoms with van der Waals surface area (Å²) >= 11 is 0. The average Bonchev–Trinajstić information content (AvgIpc) is 3.14. The van der Waals surface area contributed by atoms with Crippen molar-refractivity contribution in [3.8, 4) is 0 Å². The topological polar surface area (TPSA) is 59.4 Å². The van der Waals surface area contributed by atoms with E-state index in [9.17, 15) is 4.79 Å². The number of nitrogens with zero attached hydrogens (tertiary/aromatic N) is 3. The lowest BCUT2D eigenvalue weighted by Crippen LogP contribution is -2.51. The van der Waals surface area contributed by atoms with Crippen LogP contribution in [0.25, 0.3) is 0 Å². The van der Waals surface area contributed by atoms with E-state index in [1.54, 1.807) is 4.68 Å². The summed E-state index contributed by atoms with van der Waals surface area (Å²) in [6.45, 7) is 7.18. The molecule has 0 radical (unpaired) electrons. The zero-order chi connectivity index (χ0) is 15.7. The third-order valence-corrected chi connectivity index (χ3v) is 4.78. The molecular formula is C16H26N4O2. The summed E-state index contributed by atoms with van der Waals surface area (Å²) in [6.07, 6.45) is 5.14. The second kappa shape index (κ2) is 6.38. The fourth-order valence-corrected chi connectivity index (χ4v) is 3.61. The number of amides is 1. The summed E-state index contributed by atoms with van der Waals surface area (Å²) < 4.78 is 7.68. The molecule has 6 heteroatoms. The smallest absolute Gasteiger partial charge is 0.227 e. The molecule has 2 unspecified atom stereocenters. The Morgan fingerprint density at radius 2 is 2.27 bits per heavy atom. The van der Waals surface area contributed by atoms with E-state index in [4.69, 9.17) is 4.74 Å². The van der Waals surface area contributed by atoms with E-state index in [2.05, 4.69) is 17.3 Å². The van der Waals surface area contributed by atoms with Crippen LogP contribution in [0.5, 0.6) is 0 Å². The van der Waals surface area contributed by atoms with Crippen molar-refractivity contribution >= 4 is 5.91 Å². The lowest BCUT2D eigenvalue weighted by atomic mass is 9.89. The maximum absolute atomic E-state index is 13.0. The Morgan fingerprint density at radius 1 is 1.45 bits per heavy atom. The van der Waals surface area contributed by atoms with Crippen LogP contribution in [0.4, 0.5) is 0 Å². The van der Waals surface area contributed by atoms with Gasteiger partial charge in [-0.3, -0.25) is 9.48 Å². The SMILES string of the molecule is CCC1CN(C(=O)[C@H]2CNC[C@@H]2c2cnn(C)c2)CC(C)O1. The highest BCUT2D eigenvalue weighted by Crippen LogP contribution is 2.30. The normalized spacial score (nSPS) is 32.4. The van der Waals surface area contributed by atoms with Crippen LogP contribution in [0.1, 0.15) is 31.7 Å². The highest BCUT2D eigenvalue weighted by atomic mass is 16.5. The molecule has 0 aliphatic carbocycles. The van der Waals surface area contributed by atoms with Gasteiger partial charge in [0.15, 0.2) is 0 Å². The van der Waals surface area contributed by atoms with E-state index in [0.29, 0.717) is 6.54 Å². The Morgan fingerprint density at radius 3 is 2.95 bits per heavy atom. The molecule has 122 valence electrons.